The number of hydrogen-bond acceptors (Lipinski definition) is 6. The third-order valence-corrected chi connectivity index (χ3v) is 4.21. The van der Waals surface area contributed by atoms with Crippen LogP contribution in [0.5, 0.6) is 0 Å². The van der Waals surface area contributed by atoms with Gasteiger partial charge in [0, 0.05) is 25.8 Å². The van der Waals surface area contributed by atoms with E-state index in [9.17, 15) is 4.79 Å². The highest BCUT2D eigenvalue weighted by Crippen LogP contribution is 2.17. The minimum Gasteiger partial charge on any atom is -0.368 e. The van der Waals surface area contributed by atoms with Gasteiger partial charge < -0.3 is 20.9 Å². The summed E-state index contributed by atoms with van der Waals surface area (Å²) in [4.78, 5) is 22.6. The molecule has 1 aliphatic heterocycles. The Balaban J connectivity index is 1.92. The molecule has 1 aromatic heterocycles. The van der Waals surface area contributed by atoms with Crippen molar-refractivity contribution in [1.82, 2.24) is 20.2 Å². The molecule has 0 atom stereocenters. The summed E-state index contributed by atoms with van der Waals surface area (Å²) in [5.74, 6) is 0.918. The number of anilines is 2. The number of amides is 2. The Bertz CT molecular complexity index is 556. The Labute approximate surface area is 149 Å². The predicted molar refractivity (Wildman–Crippen MR) is 101 cm³/mol. The Morgan fingerprint density at radius 1 is 1.20 bits per heavy atom. The number of carbonyl (C=O) groups excluding carboxylic acids is 1. The summed E-state index contributed by atoms with van der Waals surface area (Å²) in [5, 5.41) is 16.3. The lowest BCUT2D eigenvalue weighted by atomic mass is 10.2. The van der Waals surface area contributed by atoms with E-state index in [0.717, 1.165) is 32.6 Å². The zero-order valence-corrected chi connectivity index (χ0v) is 15.0. The number of hydrogen-bond donors (Lipinski definition) is 4. The first kappa shape index (κ1) is 19.1. The Morgan fingerprint density at radius 3 is 2.60 bits per heavy atom. The van der Waals surface area contributed by atoms with Crippen molar-refractivity contribution in [3.63, 3.8) is 0 Å². The summed E-state index contributed by atoms with van der Waals surface area (Å²) in [7, 11) is 0. The van der Waals surface area contributed by atoms with E-state index in [-0.39, 0.29) is 6.03 Å². The maximum Gasteiger partial charge on any atom is 0.320 e. The summed E-state index contributed by atoms with van der Waals surface area (Å²) in [6, 6.07) is -0.320. The average molecular weight is 347 g/mol. The quantitative estimate of drug-likeness (QED) is 0.540. The lowest BCUT2D eigenvalue weighted by Crippen LogP contribution is -2.31. The fourth-order valence-corrected chi connectivity index (χ4v) is 2.86. The third kappa shape index (κ3) is 6.30. The number of likely N-dealkylation sites (tertiary alicyclic amines) is 1. The van der Waals surface area contributed by atoms with E-state index >= 15 is 0 Å². The first-order valence-corrected chi connectivity index (χ1v) is 9.11. The van der Waals surface area contributed by atoms with Gasteiger partial charge in [0.15, 0.2) is 0 Å². The van der Waals surface area contributed by atoms with Crippen molar-refractivity contribution < 1.29 is 4.79 Å². The molecule has 1 saturated heterocycles. The van der Waals surface area contributed by atoms with Crippen LogP contribution < -0.4 is 16.0 Å². The van der Waals surface area contributed by atoms with Crippen LogP contribution >= 0.6 is 0 Å². The van der Waals surface area contributed by atoms with E-state index in [0.29, 0.717) is 23.7 Å². The minimum atomic E-state index is -0.320. The van der Waals surface area contributed by atoms with E-state index in [1.54, 1.807) is 0 Å². The lowest BCUT2D eigenvalue weighted by molar-refractivity contribution is 0.252. The molecule has 0 bridgehead atoms. The maximum absolute atomic E-state index is 11.8. The predicted octanol–water partition coefficient (Wildman–Crippen LogP) is 2.29. The highest BCUT2D eigenvalue weighted by molar-refractivity contribution is 5.97. The van der Waals surface area contributed by atoms with Crippen molar-refractivity contribution in [1.29, 1.82) is 5.41 Å². The minimum absolute atomic E-state index is 0.320. The zero-order chi connectivity index (χ0) is 17.9. The van der Waals surface area contributed by atoms with Gasteiger partial charge in [0.05, 0.1) is 5.56 Å². The van der Waals surface area contributed by atoms with Crippen LogP contribution in [0.25, 0.3) is 0 Å². The van der Waals surface area contributed by atoms with Crippen LogP contribution in [0.2, 0.25) is 0 Å². The molecule has 2 rings (SSSR count). The first-order valence-electron chi connectivity index (χ1n) is 9.11. The molecular formula is C17H29N7O. The van der Waals surface area contributed by atoms with Crippen molar-refractivity contribution in [2.45, 2.75) is 39.0 Å². The van der Waals surface area contributed by atoms with Crippen LogP contribution in [0.15, 0.2) is 6.33 Å². The van der Waals surface area contributed by atoms with E-state index in [4.69, 9.17) is 5.41 Å². The van der Waals surface area contributed by atoms with Crippen molar-refractivity contribution in [2.24, 2.45) is 0 Å². The second kappa shape index (κ2) is 10.6. The fraction of sp³-hybridized carbons (Fsp3) is 0.647. The van der Waals surface area contributed by atoms with Gasteiger partial charge in [-0.25, -0.2) is 14.8 Å². The monoisotopic (exact) mass is 347 g/mol. The number of aromatic nitrogens is 2. The van der Waals surface area contributed by atoms with Gasteiger partial charge >= 0.3 is 6.03 Å². The Morgan fingerprint density at radius 2 is 1.92 bits per heavy atom. The molecule has 0 aromatic carbocycles. The molecule has 8 heteroatoms. The SMILES string of the molecule is CCCNC(=O)Nc1ncnc(NCCN2CCCCCC2)c1C=N. The molecule has 1 fully saturated rings. The second-order valence-corrected chi connectivity index (χ2v) is 6.19. The van der Waals surface area contributed by atoms with Gasteiger partial charge in [0.2, 0.25) is 0 Å². The largest absolute Gasteiger partial charge is 0.368 e. The molecule has 0 radical (unpaired) electrons. The number of carbonyl (C=O) groups is 1. The number of urea groups is 1. The van der Waals surface area contributed by atoms with E-state index in [2.05, 4.69) is 30.8 Å². The summed E-state index contributed by atoms with van der Waals surface area (Å²) < 4.78 is 0. The van der Waals surface area contributed by atoms with Crippen LogP contribution in [-0.2, 0) is 0 Å². The molecular weight excluding hydrogens is 318 g/mol. The Hall–Kier alpha value is -2.22. The number of nitrogens with one attached hydrogen (secondary N) is 4. The van der Waals surface area contributed by atoms with Crippen molar-refractivity contribution >= 4 is 23.9 Å². The second-order valence-electron chi connectivity index (χ2n) is 6.19. The molecule has 0 saturated carbocycles. The normalized spacial score (nSPS) is 15.2. The van der Waals surface area contributed by atoms with Crippen LogP contribution in [0, 0.1) is 5.41 Å². The number of nitrogens with zero attached hydrogens (tertiary/aromatic N) is 3. The molecule has 25 heavy (non-hydrogen) atoms. The zero-order valence-electron chi connectivity index (χ0n) is 15.0. The summed E-state index contributed by atoms with van der Waals surface area (Å²) in [5.41, 5.74) is 0.491. The smallest absolute Gasteiger partial charge is 0.320 e. The first-order chi connectivity index (χ1) is 12.2. The molecule has 1 aromatic rings. The van der Waals surface area contributed by atoms with Crippen molar-refractivity contribution in [2.75, 3.05) is 43.4 Å². The van der Waals surface area contributed by atoms with Gasteiger partial charge in [-0.15, -0.1) is 0 Å². The van der Waals surface area contributed by atoms with Crippen molar-refractivity contribution in [3.8, 4) is 0 Å². The third-order valence-electron chi connectivity index (χ3n) is 4.21. The molecule has 2 amide bonds. The summed E-state index contributed by atoms with van der Waals surface area (Å²) in [6.45, 7) is 6.57. The van der Waals surface area contributed by atoms with Crippen LogP contribution in [0.1, 0.15) is 44.6 Å². The molecule has 0 spiro atoms. The lowest BCUT2D eigenvalue weighted by Gasteiger charge is -2.20. The van der Waals surface area contributed by atoms with Crippen LogP contribution in [-0.4, -0.2) is 59.8 Å². The molecule has 0 unspecified atom stereocenters. The molecule has 2 heterocycles. The van der Waals surface area contributed by atoms with E-state index in [1.165, 1.54) is 38.2 Å². The van der Waals surface area contributed by atoms with Gasteiger partial charge in [-0.05, 0) is 32.4 Å². The van der Waals surface area contributed by atoms with E-state index in [1.807, 2.05) is 6.92 Å². The highest BCUT2D eigenvalue weighted by atomic mass is 16.2. The Kier molecular flexibility index (Phi) is 8.11. The van der Waals surface area contributed by atoms with Crippen molar-refractivity contribution in [3.05, 3.63) is 11.9 Å². The molecule has 4 N–H and O–H groups in total. The van der Waals surface area contributed by atoms with Gasteiger partial charge in [-0.2, -0.15) is 0 Å². The molecule has 8 nitrogen and oxygen atoms in total. The van der Waals surface area contributed by atoms with Gasteiger partial charge in [-0.1, -0.05) is 19.8 Å². The molecule has 1 aliphatic rings. The van der Waals surface area contributed by atoms with Crippen LogP contribution in [0.4, 0.5) is 16.4 Å². The number of rotatable bonds is 8. The van der Waals surface area contributed by atoms with Crippen LogP contribution in [0.3, 0.4) is 0 Å². The molecule has 0 aliphatic carbocycles. The van der Waals surface area contributed by atoms with Gasteiger partial charge in [-0.3, -0.25) is 5.32 Å². The highest BCUT2D eigenvalue weighted by Gasteiger charge is 2.13. The fourth-order valence-electron chi connectivity index (χ4n) is 2.86. The standard InChI is InChI=1S/C17H29N7O/c1-2-7-20-17(25)23-16-14(12-18)15(21-13-22-16)19-8-11-24-9-5-3-4-6-10-24/h12-13,18H,2-11H2,1H3,(H3,19,20,21,22,23,25). The van der Waals surface area contributed by atoms with Gasteiger partial charge in [0.25, 0.3) is 0 Å². The summed E-state index contributed by atoms with van der Waals surface area (Å²) in [6.07, 6.45) is 8.60. The topological polar surface area (TPSA) is 106 Å². The maximum atomic E-state index is 11.8. The average Bonchev–Trinajstić information content (AvgIpc) is 2.89. The molecule has 138 valence electrons. The summed E-state index contributed by atoms with van der Waals surface area (Å²) >= 11 is 0. The van der Waals surface area contributed by atoms with Gasteiger partial charge in [0.1, 0.15) is 18.0 Å². The van der Waals surface area contributed by atoms with E-state index < -0.39 is 0 Å².